The number of carbonyl (C=O) groups is 3. The maximum atomic E-state index is 11.9. The second-order valence-electron chi connectivity index (χ2n) is 5.08. The molecule has 2 N–H and O–H groups in total. The fourth-order valence-electron chi connectivity index (χ4n) is 1.61. The summed E-state index contributed by atoms with van der Waals surface area (Å²) >= 11 is 0. The van der Waals surface area contributed by atoms with Crippen LogP contribution in [0.25, 0.3) is 0 Å². The topological polar surface area (TPSA) is 110 Å². The minimum Gasteiger partial charge on any atom is -0.480 e. The zero-order chi connectivity index (χ0) is 19.1. The number of esters is 2. The van der Waals surface area contributed by atoms with Crippen LogP contribution in [0.15, 0.2) is 24.3 Å². The number of benzene rings is 1. The number of hydrogen-bond donors (Lipinski definition) is 2. The molecule has 0 saturated carbocycles. The van der Waals surface area contributed by atoms with Gasteiger partial charge in [-0.15, -0.1) is 0 Å². The third kappa shape index (κ3) is 10.1. The normalized spacial score (nSPS) is 9.56. The second-order valence-corrected chi connectivity index (χ2v) is 5.08. The smallest absolute Gasteiger partial charge is 0.339 e. The highest BCUT2D eigenvalue weighted by Crippen LogP contribution is 2.12. The van der Waals surface area contributed by atoms with Crippen LogP contribution in [0, 0.1) is 0 Å². The van der Waals surface area contributed by atoms with Crippen LogP contribution in [0.5, 0.6) is 0 Å². The largest absolute Gasteiger partial charge is 0.480 e. The van der Waals surface area contributed by atoms with Gasteiger partial charge in [0.2, 0.25) is 0 Å². The Balaban J connectivity index is 0.00000101. The van der Waals surface area contributed by atoms with E-state index in [0.29, 0.717) is 13.2 Å². The van der Waals surface area contributed by atoms with Crippen LogP contribution in [0.4, 0.5) is 0 Å². The van der Waals surface area contributed by atoms with E-state index in [2.05, 4.69) is 0 Å². The lowest BCUT2D eigenvalue weighted by molar-refractivity contribution is -0.140. The molecule has 0 amide bonds. The lowest BCUT2D eigenvalue weighted by atomic mass is 10.1. The first-order chi connectivity index (χ1) is 12.0. The van der Waals surface area contributed by atoms with Crippen LogP contribution >= 0.6 is 0 Å². The third-order valence-corrected chi connectivity index (χ3v) is 2.96. The summed E-state index contributed by atoms with van der Waals surface area (Å²) in [5.74, 6) is -2.13. The van der Waals surface area contributed by atoms with E-state index >= 15 is 0 Å². The Morgan fingerprint density at radius 3 is 1.52 bits per heavy atom. The van der Waals surface area contributed by atoms with Crippen molar-refractivity contribution in [2.24, 2.45) is 0 Å². The highest BCUT2D eigenvalue weighted by Gasteiger charge is 2.18. The van der Waals surface area contributed by atoms with E-state index in [-0.39, 0.29) is 11.1 Å². The molecule has 0 aliphatic carbocycles. The fraction of sp³-hybridized carbons (Fsp3) is 0.500. The van der Waals surface area contributed by atoms with Gasteiger partial charge in [0.15, 0.2) is 0 Å². The predicted molar refractivity (Wildman–Crippen MR) is 91.5 cm³/mol. The van der Waals surface area contributed by atoms with E-state index in [0.717, 1.165) is 25.7 Å². The van der Waals surface area contributed by atoms with Crippen LogP contribution in [-0.4, -0.2) is 47.9 Å². The van der Waals surface area contributed by atoms with Gasteiger partial charge in [0.25, 0.3) is 0 Å². The predicted octanol–water partition coefficient (Wildman–Crippen LogP) is 2.66. The third-order valence-electron chi connectivity index (χ3n) is 2.96. The van der Waals surface area contributed by atoms with E-state index in [1.54, 1.807) is 24.3 Å². The van der Waals surface area contributed by atoms with E-state index in [1.165, 1.54) is 0 Å². The minimum absolute atomic E-state index is 0.269. The molecular weight excluding hydrogens is 328 g/mol. The number of aliphatic carboxylic acids is 1. The van der Waals surface area contributed by atoms with Crippen LogP contribution in [0.3, 0.4) is 0 Å². The maximum Gasteiger partial charge on any atom is 0.339 e. The molecule has 0 spiro atoms. The second kappa shape index (κ2) is 14.0. The Labute approximate surface area is 147 Å². The molecule has 0 aliphatic heterocycles. The van der Waals surface area contributed by atoms with Crippen molar-refractivity contribution < 1.29 is 34.1 Å². The standard InChI is InChI=1S/C16H22O4.C2H4O3/c1-3-5-11-19-15(17)13-9-7-8-10-14(13)16(18)20-12-6-4-2;3-1-2(4)5/h7-10H,3-6,11-12H2,1-2H3;3H,1H2,(H,4,5). The van der Waals surface area contributed by atoms with Gasteiger partial charge in [-0.3, -0.25) is 0 Å². The summed E-state index contributed by atoms with van der Waals surface area (Å²) in [5.41, 5.74) is 0.537. The molecule has 7 heteroatoms. The summed E-state index contributed by atoms with van der Waals surface area (Å²) in [6, 6.07) is 6.59. The monoisotopic (exact) mass is 354 g/mol. The van der Waals surface area contributed by atoms with Gasteiger partial charge in [0.05, 0.1) is 24.3 Å². The lowest BCUT2D eigenvalue weighted by Gasteiger charge is -2.09. The molecule has 0 fully saturated rings. The van der Waals surface area contributed by atoms with Crippen molar-refractivity contribution in [1.29, 1.82) is 0 Å². The molecular formula is C18H26O7. The molecule has 0 radical (unpaired) electrons. The van der Waals surface area contributed by atoms with Crippen molar-refractivity contribution >= 4 is 17.9 Å². The first kappa shape index (κ1) is 22.6. The average molecular weight is 354 g/mol. The number of rotatable bonds is 9. The van der Waals surface area contributed by atoms with Crippen LogP contribution in [-0.2, 0) is 14.3 Å². The number of unbranched alkanes of at least 4 members (excludes halogenated alkanes) is 2. The minimum atomic E-state index is -1.19. The Hall–Kier alpha value is -2.41. The summed E-state index contributed by atoms with van der Waals surface area (Å²) in [7, 11) is 0. The molecule has 1 rings (SSSR count). The number of aliphatic hydroxyl groups is 1. The maximum absolute atomic E-state index is 11.9. The van der Waals surface area contributed by atoms with Gasteiger partial charge >= 0.3 is 17.9 Å². The number of carboxylic acid groups (broad SMARTS) is 1. The van der Waals surface area contributed by atoms with Gasteiger partial charge < -0.3 is 19.7 Å². The van der Waals surface area contributed by atoms with Crippen LogP contribution in [0.1, 0.15) is 60.2 Å². The summed E-state index contributed by atoms with van der Waals surface area (Å²) < 4.78 is 10.3. The van der Waals surface area contributed by atoms with Crippen molar-refractivity contribution in [3.63, 3.8) is 0 Å². The molecule has 0 unspecified atom stereocenters. The highest BCUT2D eigenvalue weighted by atomic mass is 16.5. The number of hydrogen-bond acceptors (Lipinski definition) is 6. The Morgan fingerprint density at radius 2 is 1.24 bits per heavy atom. The Morgan fingerprint density at radius 1 is 0.880 bits per heavy atom. The number of aliphatic hydroxyl groups excluding tert-OH is 1. The zero-order valence-corrected chi connectivity index (χ0v) is 14.7. The van der Waals surface area contributed by atoms with E-state index in [9.17, 15) is 9.59 Å². The van der Waals surface area contributed by atoms with Crippen molar-refractivity contribution in [3.05, 3.63) is 35.4 Å². The molecule has 7 nitrogen and oxygen atoms in total. The number of carbonyl (C=O) groups excluding carboxylic acids is 2. The summed E-state index contributed by atoms with van der Waals surface area (Å²) in [4.78, 5) is 33.0. The molecule has 1 aromatic rings. The quantitative estimate of drug-likeness (QED) is 0.518. The van der Waals surface area contributed by atoms with Crippen molar-refractivity contribution in [2.45, 2.75) is 39.5 Å². The lowest BCUT2D eigenvalue weighted by Crippen LogP contribution is -2.14. The first-order valence-electron chi connectivity index (χ1n) is 8.23. The molecule has 0 bridgehead atoms. The fourth-order valence-corrected chi connectivity index (χ4v) is 1.61. The summed E-state index contributed by atoms with van der Waals surface area (Å²) in [6.45, 7) is 4.00. The number of ether oxygens (including phenoxy) is 2. The van der Waals surface area contributed by atoms with Gasteiger partial charge in [0, 0.05) is 0 Å². The molecule has 1 aromatic carbocycles. The molecule has 25 heavy (non-hydrogen) atoms. The Kier molecular flexibility index (Phi) is 12.6. The summed E-state index contributed by atoms with van der Waals surface area (Å²) in [5, 5.41) is 15.0. The van der Waals surface area contributed by atoms with Crippen LogP contribution in [0.2, 0.25) is 0 Å². The molecule has 0 saturated heterocycles. The molecule has 0 atom stereocenters. The SMILES string of the molecule is CCCCOC(=O)c1ccccc1C(=O)OCCCC.O=C(O)CO. The van der Waals surface area contributed by atoms with Gasteiger partial charge in [-0.05, 0) is 25.0 Å². The van der Waals surface area contributed by atoms with Crippen molar-refractivity contribution in [1.82, 2.24) is 0 Å². The first-order valence-corrected chi connectivity index (χ1v) is 8.23. The molecule has 0 aromatic heterocycles. The molecule has 0 aliphatic rings. The summed E-state index contributed by atoms with van der Waals surface area (Å²) in [6.07, 6.45) is 3.53. The van der Waals surface area contributed by atoms with Crippen molar-refractivity contribution in [2.75, 3.05) is 19.8 Å². The number of carboxylic acids is 1. The van der Waals surface area contributed by atoms with Gasteiger partial charge in [-0.2, -0.15) is 0 Å². The van der Waals surface area contributed by atoms with Gasteiger partial charge in [0.1, 0.15) is 6.61 Å². The van der Waals surface area contributed by atoms with E-state index in [1.807, 2.05) is 13.8 Å². The average Bonchev–Trinajstić information content (AvgIpc) is 2.62. The van der Waals surface area contributed by atoms with Crippen LogP contribution < -0.4 is 0 Å². The Bertz CT molecular complexity index is 499. The van der Waals surface area contributed by atoms with E-state index in [4.69, 9.17) is 24.5 Å². The highest BCUT2D eigenvalue weighted by molar-refractivity contribution is 6.03. The zero-order valence-electron chi connectivity index (χ0n) is 14.7. The van der Waals surface area contributed by atoms with E-state index < -0.39 is 24.5 Å². The van der Waals surface area contributed by atoms with Gasteiger partial charge in [-0.1, -0.05) is 38.8 Å². The molecule has 0 heterocycles. The van der Waals surface area contributed by atoms with Crippen molar-refractivity contribution in [3.8, 4) is 0 Å². The van der Waals surface area contributed by atoms with Gasteiger partial charge in [-0.25, -0.2) is 14.4 Å². The molecule has 140 valence electrons.